The average Bonchev–Trinajstić information content (AvgIpc) is 2.56. The summed E-state index contributed by atoms with van der Waals surface area (Å²) >= 11 is 0. The van der Waals surface area contributed by atoms with Crippen LogP contribution in [0.25, 0.3) is 22.5 Å². The molecule has 1 heterocycles. The Bertz CT molecular complexity index is 661. The standard InChI is InChI=1S/C19H18N2/c1-21(2)17-13-18(15-9-5-3-6-10-15)20-19(14-17)16-11-7-4-8-12-16/h3-14H,1-2H3. The van der Waals surface area contributed by atoms with Crippen LogP contribution >= 0.6 is 0 Å². The molecule has 0 saturated heterocycles. The van der Waals surface area contributed by atoms with Crippen LogP contribution in [0, 0.1) is 0 Å². The van der Waals surface area contributed by atoms with Gasteiger partial charge in [0, 0.05) is 30.9 Å². The van der Waals surface area contributed by atoms with Crippen molar-refractivity contribution in [3.63, 3.8) is 0 Å². The van der Waals surface area contributed by atoms with E-state index in [1.165, 1.54) is 0 Å². The van der Waals surface area contributed by atoms with Crippen LogP contribution in [0.5, 0.6) is 0 Å². The van der Waals surface area contributed by atoms with Crippen molar-refractivity contribution in [3.05, 3.63) is 72.8 Å². The van der Waals surface area contributed by atoms with Crippen LogP contribution in [-0.4, -0.2) is 19.1 Å². The Labute approximate surface area is 125 Å². The number of hydrogen-bond donors (Lipinski definition) is 0. The van der Waals surface area contributed by atoms with Gasteiger partial charge in [-0.1, -0.05) is 60.7 Å². The van der Waals surface area contributed by atoms with Gasteiger partial charge in [-0.25, -0.2) is 4.98 Å². The molecule has 0 N–H and O–H groups in total. The lowest BCUT2D eigenvalue weighted by atomic mass is 10.1. The van der Waals surface area contributed by atoms with Gasteiger partial charge in [-0.15, -0.1) is 0 Å². The molecule has 0 saturated carbocycles. The molecule has 0 atom stereocenters. The zero-order chi connectivity index (χ0) is 14.7. The van der Waals surface area contributed by atoms with Crippen molar-refractivity contribution in [3.8, 4) is 22.5 Å². The maximum atomic E-state index is 4.83. The fourth-order valence-electron chi connectivity index (χ4n) is 2.29. The summed E-state index contributed by atoms with van der Waals surface area (Å²) in [6, 6.07) is 24.9. The predicted molar refractivity (Wildman–Crippen MR) is 89.4 cm³/mol. The monoisotopic (exact) mass is 274 g/mol. The first-order valence-corrected chi connectivity index (χ1v) is 7.04. The molecule has 0 bridgehead atoms. The number of pyridine rings is 1. The minimum Gasteiger partial charge on any atom is -0.378 e. The van der Waals surface area contributed by atoms with Gasteiger partial charge >= 0.3 is 0 Å². The maximum Gasteiger partial charge on any atom is 0.0730 e. The number of aromatic nitrogens is 1. The molecule has 2 aromatic carbocycles. The normalized spacial score (nSPS) is 10.4. The van der Waals surface area contributed by atoms with E-state index < -0.39 is 0 Å². The third-order valence-electron chi connectivity index (χ3n) is 3.47. The first-order valence-electron chi connectivity index (χ1n) is 7.04. The summed E-state index contributed by atoms with van der Waals surface area (Å²) in [6.45, 7) is 0. The van der Waals surface area contributed by atoms with E-state index in [0.29, 0.717) is 0 Å². The Morgan fingerprint density at radius 1 is 0.667 bits per heavy atom. The summed E-state index contributed by atoms with van der Waals surface area (Å²) in [6.07, 6.45) is 0. The van der Waals surface area contributed by atoms with Gasteiger partial charge in [0.05, 0.1) is 11.4 Å². The molecule has 0 radical (unpaired) electrons. The summed E-state index contributed by atoms with van der Waals surface area (Å²) < 4.78 is 0. The van der Waals surface area contributed by atoms with E-state index in [9.17, 15) is 0 Å². The van der Waals surface area contributed by atoms with Crippen LogP contribution in [0.4, 0.5) is 5.69 Å². The molecule has 2 nitrogen and oxygen atoms in total. The van der Waals surface area contributed by atoms with Gasteiger partial charge in [-0.3, -0.25) is 0 Å². The van der Waals surface area contributed by atoms with Gasteiger partial charge in [0.15, 0.2) is 0 Å². The second-order valence-corrected chi connectivity index (χ2v) is 5.22. The van der Waals surface area contributed by atoms with Gasteiger partial charge in [0.25, 0.3) is 0 Å². The fourth-order valence-corrected chi connectivity index (χ4v) is 2.29. The zero-order valence-electron chi connectivity index (χ0n) is 12.3. The Balaban J connectivity index is 2.16. The average molecular weight is 274 g/mol. The molecule has 0 amide bonds. The molecule has 0 aliphatic carbocycles. The second-order valence-electron chi connectivity index (χ2n) is 5.22. The van der Waals surface area contributed by atoms with Crippen molar-refractivity contribution in [1.82, 2.24) is 4.98 Å². The zero-order valence-corrected chi connectivity index (χ0v) is 12.3. The Kier molecular flexibility index (Phi) is 3.69. The van der Waals surface area contributed by atoms with Gasteiger partial charge in [-0.05, 0) is 12.1 Å². The van der Waals surface area contributed by atoms with Gasteiger partial charge in [0.1, 0.15) is 0 Å². The molecular formula is C19H18N2. The number of anilines is 1. The Morgan fingerprint density at radius 2 is 1.10 bits per heavy atom. The first kappa shape index (κ1) is 13.4. The van der Waals surface area contributed by atoms with Crippen molar-refractivity contribution in [1.29, 1.82) is 0 Å². The highest BCUT2D eigenvalue weighted by atomic mass is 15.1. The molecular weight excluding hydrogens is 256 g/mol. The molecule has 3 aromatic rings. The molecule has 2 heteroatoms. The van der Waals surface area contributed by atoms with Crippen LogP contribution in [0.1, 0.15) is 0 Å². The topological polar surface area (TPSA) is 16.1 Å². The first-order chi connectivity index (χ1) is 10.2. The van der Waals surface area contributed by atoms with Crippen LogP contribution < -0.4 is 4.90 Å². The van der Waals surface area contributed by atoms with Crippen molar-refractivity contribution >= 4 is 5.69 Å². The van der Waals surface area contributed by atoms with E-state index in [-0.39, 0.29) is 0 Å². The number of nitrogens with zero attached hydrogens (tertiary/aromatic N) is 2. The van der Waals surface area contributed by atoms with Gasteiger partial charge in [-0.2, -0.15) is 0 Å². The largest absolute Gasteiger partial charge is 0.378 e. The maximum absolute atomic E-state index is 4.83. The Hall–Kier alpha value is -2.61. The smallest absolute Gasteiger partial charge is 0.0730 e. The van der Waals surface area contributed by atoms with E-state index in [0.717, 1.165) is 28.2 Å². The lowest BCUT2D eigenvalue weighted by Crippen LogP contribution is -2.09. The number of benzene rings is 2. The van der Waals surface area contributed by atoms with Crippen LogP contribution in [0.2, 0.25) is 0 Å². The molecule has 21 heavy (non-hydrogen) atoms. The molecule has 0 aliphatic heterocycles. The van der Waals surface area contributed by atoms with Crippen molar-refractivity contribution in [2.45, 2.75) is 0 Å². The summed E-state index contributed by atoms with van der Waals surface area (Å²) in [5.74, 6) is 0. The van der Waals surface area contributed by atoms with E-state index in [1.807, 2.05) is 36.4 Å². The molecule has 0 fully saturated rings. The molecule has 0 unspecified atom stereocenters. The second kappa shape index (κ2) is 5.80. The molecule has 104 valence electrons. The highest BCUT2D eigenvalue weighted by Crippen LogP contribution is 2.27. The highest BCUT2D eigenvalue weighted by molar-refractivity contribution is 5.72. The minimum atomic E-state index is 1.00. The van der Waals surface area contributed by atoms with Crippen LogP contribution in [0.3, 0.4) is 0 Å². The van der Waals surface area contributed by atoms with Crippen molar-refractivity contribution in [2.24, 2.45) is 0 Å². The van der Waals surface area contributed by atoms with E-state index in [1.54, 1.807) is 0 Å². The summed E-state index contributed by atoms with van der Waals surface area (Å²) in [7, 11) is 4.11. The van der Waals surface area contributed by atoms with Gasteiger partial charge in [0.2, 0.25) is 0 Å². The summed E-state index contributed by atoms with van der Waals surface area (Å²) in [4.78, 5) is 6.94. The van der Waals surface area contributed by atoms with E-state index >= 15 is 0 Å². The molecule has 3 rings (SSSR count). The lowest BCUT2D eigenvalue weighted by Gasteiger charge is -2.16. The number of hydrogen-bond acceptors (Lipinski definition) is 2. The summed E-state index contributed by atoms with van der Waals surface area (Å²) in [5, 5.41) is 0. The SMILES string of the molecule is CN(C)c1cc(-c2ccccc2)nc(-c2ccccc2)c1. The highest BCUT2D eigenvalue weighted by Gasteiger charge is 2.07. The van der Waals surface area contributed by atoms with Crippen molar-refractivity contribution < 1.29 is 0 Å². The quantitative estimate of drug-likeness (QED) is 0.700. The molecule has 0 spiro atoms. The van der Waals surface area contributed by atoms with Crippen LogP contribution in [-0.2, 0) is 0 Å². The van der Waals surface area contributed by atoms with Gasteiger partial charge < -0.3 is 4.90 Å². The summed E-state index contributed by atoms with van der Waals surface area (Å²) in [5.41, 5.74) is 5.43. The predicted octanol–water partition coefficient (Wildman–Crippen LogP) is 4.48. The third-order valence-corrected chi connectivity index (χ3v) is 3.47. The molecule has 0 aliphatic rings. The number of rotatable bonds is 3. The Morgan fingerprint density at radius 3 is 1.48 bits per heavy atom. The molecule has 1 aromatic heterocycles. The van der Waals surface area contributed by atoms with E-state index in [2.05, 4.69) is 55.4 Å². The van der Waals surface area contributed by atoms with E-state index in [4.69, 9.17) is 4.98 Å². The fraction of sp³-hybridized carbons (Fsp3) is 0.105. The third kappa shape index (κ3) is 2.95. The van der Waals surface area contributed by atoms with Crippen molar-refractivity contribution in [2.75, 3.05) is 19.0 Å². The van der Waals surface area contributed by atoms with Crippen LogP contribution in [0.15, 0.2) is 72.8 Å². The minimum absolute atomic E-state index is 1.00. The lowest BCUT2D eigenvalue weighted by molar-refractivity contribution is 1.12.